The number of carbonyl (C=O) groups is 2. The smallest absolute Gasteiger partial charge is 0.347 e. The van der Waals surface area contributed by atoms with Gasteiger partial charge in [0, 0.05) is 0 Å². The van der Waals surface area contributed by atoms with E-state index in [-0.39, 0.29) is 36.9 Å². The molecule has 1 amide bonds. The minimum absolute atomic E-state index is 0.0404. The van der Waals surface area contributed by atoms with Crippen LogP contribution in [0.5, 0.6) is 0 Å². The van der Waals surface area contributed by atoms with Gasteiger partial charge in [0.05, 0.1) is 27.1 Å². The maximum atomic E-state index is 13.3. The maximum Gasteiger partial charge on any atom is 0.347 e. The minimum atomic E-state index is -1.16. The van der Waals surface area contributed by atoms with Gasteiger partial charge in [-0.2, -0.15) is 0 Å². The molecule has 0 unspecified atom stereocenters. The van der Waals surface area contributed by atoms with Crippen LogP contribution in [0, 0.1) is 5.92 Å². The number of rotatable bonds is 6. The van der Waals surface area contributed by atoms with Crippen molar-refractivity contribution < 1.29 is 14.7 Å². The first-order chi connectivity index (χ1) is 15.7. The van der Waals surface area contributed by atoms with Crippen molar-refractivity contribution >= 4 is 62.4 Å². The molecule has 3 aromatic rings. The van der Waals surface area contributed by atoms with E-state index in [0.717, 1.165) is 54.2 Å². The summed E-state index contributed by atoms with van der Waals surface area (Å²) < 4.78 is 0.905. The second-order valence-corrected chi connectivity index (χ2v) is 9.84. The number of anilines is 1. The van der Waals surface area contributed by atoms with E-state index in [1.807, 2.05) is 0 Å². The lowest BCUT2D eigenvalue weighted by atomic mass is 9.84. The van der Waals surface area contributed by atoms with E-state index in [9.17, 15) is 19.2 Å². The maximum absolute atomic E-state index is 13.3. The summed E-state index contributed by atoms with van der Waals surface area (Å²) in [5, 5.41) is 12.2. The number of H-pyrrole nitrogens is 1. The third-order valence-electron chi connectivity index (χ3n) is 5.81. The number of aromatic amines is 1. The first-order valence-electron chi connectivity index (χ1n) is 10.4. The van der Waals surface area contributed by atoms with Crippen LogP contribution in [0.2, 0.25) is 10.0 Å². The zero-order chi connectivity index (χ0) is 23.7. The fraction of sp³-hybridized carbons (Fsp3) is 0.381. The van der Waals surface area contributed by atoms with E-state index in [4.69, 9.17) is 28.3 Å². The molecule has 3 N–H and O–H groups in total. The van der Waals surface area contributed by atoms with Crippen molar-refractivity contribution in [2.24, 2.45) is 5.92 Å². The number of amides is 1. The number of carboxylic acids is 1. The predicted octanol–water partition coefficient (Wildman–Crippen LogP) is 4.30. The average Bonchev–Trinajstić information content (AvgIpc) is 3.24. The van der Waals surface area contributed by atoms with E-state index < -0.39 is 29.2 Å². The van der Waals surface area contributed by atoms with Gasteiger partial charge in [-0.1, -0.05) is 66.6 Å². The third-order valence-corrected chi connectivity index (χ3v) is 7.44. The average molecular weight is 511 g/mol. The topological polar surface area (TPSA) is 134 Å². The molecule has 1 atom stereocenters. The highest BCUT2D eigenvalue weighted by atomic mass is 35.5. The molecule has 1 aliphatic carbocycles. The summed E-state index contributed by atoms with van der Waals surface area (Å²) >= 11 is 12.9. The standard InChI is InChI=1S/C21H20Cl2N4O5S/c22-12-7-11-14(8-13(12)23)25-21(32)27(18(11)29)15(6-10-4-2-1-3-5-10)17(28)26-20-24-9-16(33-20)19(30)31/h7-10,15H,1-6H2,(H,25,32)(H,30,31)(H,24,26,28)/t15-/m0/s1. The molecule has 1 saturated carbocycles. The van der Waals surface area contributed by atoms with Gasteiger partial charge >= 0.3 is 11.7 Å². The van der Waals surface area contributed by atoms with E-state index in [0.29, 0.717) is 6.42 Å². The van der Waals surface area contributed by atoms with Crippen molar-refractivity contribution in [1.82, 2.24) is 14.5 Å². The molecule has 2 heterocycles. The Hall–Kier alpha value is -2.69. The van der Waals surface area contributed by atoms with E-state index >= 15 is 0 Å². The number of carbonyl (C=O) groups excluding carboxylic acids is 1. The van der Waals surface area contributed by atoms with Gasteiger partial charge in [-0.3, -0.25) is 9.59 Å². The van der Waals surface area contributed by atoms with E-state index in [1.54, 1.807) is 0 Å². The van der Waals surface area contributed by atoms with Crippen molar-refractivity contribution in [1.29, 1.82) is 0 Å². The second kappa shape index (κ2) is 9.66. The molecule has 0 saturated heterocycles. The Kier molecular flexibility index (Phi) is 6.87. The molecule has 0 aliphatic heterocycles. The van der Waals surface area contributed by atoms with Crippen LogP contribution in [-0.4, -0.2) is 31.5 Å². The monoisotopic (exact) mass is 510 g/mol. The summed E-state index contributed by atoms with van der Waals surface area (Å²) in [6, 6.07) is 1.65. The normalized spacial score (nSPS) is 15.5. The largest absolute Gasteiger partial charge is 0.477 e. The summed E-state index contributed by atoms with van der Waals surface area (Å²) in [4.78, 5) is 57.2. The summed E-state index contributed by atoms with van der Waals surface area (Å²) in [5.41, 5.74) is -1.18. The zero-order valence-electron chi connectivity index (χ0n) is 17.3. The Morgan fingerprint density at radius 2 is 1.91 bits per heavy atom. The lowest BCUT2D eigenvalue weighted by Gasteiger charge is -2.26. The molecule has 12 heteroatoms. The van der Waals surface area contributed by atoms with Gasteiger partial charge in [0.1, 0.15) is 10.9 Å². The fourth-order valence-corrected chi connectivity index (χ4v) is 5.18. The molecule has 174 valence electrons. The van der Waals surface area contributed by atoms with Crippen LogP contribution in [0.3, 0.4) is 0 Å². The highest BCUT2D eigenvalue weighted by molar-refractivity contribution is 7.17. The number of benzene rings is 1. The van der Waals surface area contributed by atoms with Crippen LogP contribution in [0.25, 0.3) is 10.9 Å². The Morgan fingerprint density at radius 3 is 2.58 bits per heavy atom. The molecule has 0 spiro atoms. The number of hydrogen-bond acceptors (Lipinski definition) is 6. The molecule has 1 fully saturated rings. The Bertz CT molecular complexity index is 1340. The lowest BCUT2D eigenvalue weighted by molar-refractivity contribution is -0.120. The summed E-state index contributed by atoms with van der Waals surface area (Å²) in [6.45, 7) is 0. The zero-order valence-corrected chi connectivity index (χ0v) is 19.6. The third kappa shape index (κ3) is 4.97. The Morgan fingerprint density at radius 1 is 1.21 bits per heavy atom. The number of fused-ring (bicyclic) bond motifs is 1. The molecule has 1 aliphatic rings. The fourth-order valence-electron chi connectivity index (χ4n) is 4.20. The molecule has 0 bridgehead atoms. The van der Waals surface area contributed by atoms with Gasteiger partial charge in [0.2, 0.25) is 5.91 Å². The molecule has 0 radical (unpaired) electrons. The Balaban J connectivity index is 1.76. The van der Waals surface area contributed by atoms with Crippen LogP contribution < -0.4 is 16.6 Å². The highest BCUT2D eigenvalue weighted by Gasteiger charge is 2.30. The van der Waals surface area contributed by atoms with Crippen molar-refractivity contribution in [2.45, 2.75) is 44.6 Å². The minimum Gasteiger partial charge on any atom is -0.477 e. The number of hydrogen-bond donors (Lipinski definition) is 3. The van der Waals surface area contributed by atoms with Gasteiger partial charge in [0.25, 0.3) is 5.56 Å². The number of nitrogens with one attached hydrogen (secondary N) is 2. The van der Waals surface area contributed by atoms with Crippen molar-refractivity contribution in [3.63, 3.8) is 0 Å². The van der Waals surface area contributed by atoms with Gasteiger partial charge in [-0.05, 0) is 24.5 Å². The molecular weight excluding hydrogens is 491 g/mol. The first-order valence-corrected chi connectivity index (χ1v) is 12.0. The summed E-state index contributed by atoms with van der Waals surface area (Å²) in [5.74, 6) is -1.61. The number of aromatic carboxylic acids is 1. The van der Waals surface area contributed by atoms with E-state index in [2.05, 4.69) is 15.3 Å². The second-order valence-electron chi connectivity index (χ2n) is 8.00. The molecule has 4 rings (SSSR count). The van der Waals surface area contributed by atoms with Crippen molar-refractivity contribution in [3.8, 4) is 0 Å². The summed E-state index contributed by atoms with van der Waals surface area (Å²) in [6.07, 6.45) is 6.37. The van der Waals surface area contributed by atoms with Gasteiger partial charge < -0.3 is 15.4 Å². The van der Waals surface area contributed by atoms with Crippen molar-refractivity contribution in [2.75, 3.05) is 5.32 Å². The van der Waals surface area contributed by atoms with Crippen molar-refractivity contribution in [3.05, 3.63) is 54.1 Å². The first kappa shape index (κ1) is 23.5. The molecule has 9 nitrogen and oxygen atoms in total. The number of thiazole rings is 1. The predicted molar refractivity (Wildman–Crippen MR) is 127 cm³/mol. The van der Waals surface area contributed by atoms with Crippen LogP contribution in [0.4, 0.5) is 5.13 Å². The lowest BCUT2D eigenvalue weighted by Crippen LogP contribution is -2.43. The van der Waals surface area contributed by atoms with E-state index in [1.165, 1.54) is 12.1 Å². The molecule has 33 heavy (non-hydrogen) atoms. The molecular formula is C21H20Cl2N4O5S. The molecule has 2 aromatic heterocycles. The van der Waals surface area contributed by atoms with Gasteiger partial charge in [-0.25, -0.2) is 19.1 Å². The highest BCUT2D eigenvalue weighted by Crippen LogP contribution is 2.31. The number of nitrogens with zero attached hydrogens (tertiary/aromatic N) is 2. The SMILES string of the molecule is O=C(O)c1cnc(NC(=O)[C@H](CC2CCCCC2)n2c(=O)[nH]c3cc(Cl)c(Cl)cc3c2=O)s1. The number of carboxylic acid groups (broad SMARTS) is 1. The Labute approximate surface area is 201 Å². The van der Waals surface area contributed by atoms with Crippen LogP contribution in [0.1, 0.15) is 54.2 Å². The quantitative estimate of drug-likeness (QED) is 0.452. The number of aromatic nitrogens is 3. The van der Waals surface area contributed by atoms with Crippen LogP contribution in [-0.2, 0) is 4.79 Å². The van der Waals surface area contributed by atoms with Gasteiger partial charge in [-0.15, -0.1) is 0 Å². The van der Waals surface area contributed by atoms with Crippen LogP contribution >= 0.6 is 34.5 Å². The summed E-state index contributed by atoms with van der Waals surface area (Å²) in [7, 11) is 0. The van der Waals surface area contributed by atoms with Crippen LogP contribution in [0.15, 0.2) is 27.9 Å². The number of halogens is 2. The molecule has 1 aromatic carbocycles. The van der Waals surface area contributed by atoms with Gasteiger partial charge in [0.15, 0.2) is 5.13 Å².